The number of rotatable bonds is 13. The second kappa shape index (κ2) is 12.3. The quantitative estimate of drug-likeness (QED) is 0.481. The van der Waals surface area contributed by atoms with Crippen LogP contribution in [0.3, 0.4) is 0 Å². The minimum Gasteiger partial charge on any atom is -0.497 e. The fraction of sp³-hybridized carbons (Fsp3) is 0.458. The van der Waals surface area contributed by atoms with Crippen molar-refractivity contribution in [1.82, 2.24) is 5.32 Å². The molecule has 2 aromatic carbocycles. The van der Waals surface area contributed by atoms with Gasteiger partial charge in [0.15, 0.2) is 0 Å². The number of benzene rings is 2. The zero-order valence-electron chi connectivity index (χ0n) is 19.3. The van der Waals surface area contributed by atoms with E-state index in [1.54, 1.807) is 36.4 Å². The molecule has 7 nitrogen and oxygen atoms in total. The van der Waals surface area contributed by atoms with Gasteiger partial charge in [0.1, 0.15) is 18.0 Å². The van der Waals surface area contributed by atoms with Gasteiger partial charge in [-0.2, -0.15) is 0 Å². The highest BCUT2D eigenvalue weighted by molar-refractivity contribution is 7.92. The van der Waals surface area contributed by atoms with Crippen LogP contribution in [0, 0.1) is 5.92 Å². The standard InChI is InChI=1S/C24H34N2O5S/c1-5-7-11-19(6-2)17-25-24(27)18-26(32(28,29)21-12-9-8-10-13-21)22-16-20(30-3)14-15-23(22)31-4/h8-10,12-16,19H,5-7,11,17-18H2,1-4H3,(H,25,27)/t19-/m1/s1. The molecule has 0 spiro atoms. The van der Waals surface area contributed by atoms with Crippen molar-refractivity contribution in [3.05, 3.63) is 48.5 Å². The summed E-state index contributed by atoms with van der Waals surface area (Å²) in [7, 11) is -1.08. The Kier molecular flexibility index (Phi) is 9.84. The summed E-state index contributed by atoms with van der Waals surface area (Å²) in [6, 6.07) is 12.9. The molecule has 1 N–H and O–H groups in total. The molecule has 0 aliphatic rings. The van der Waals surface area contributed by atoms with Gasteiger partial charge in [0, 0.05) is 12.6 Å². The molecule has 0 bridgehead atoms. The Hall–Kier alpha value is -2.74. The number of anilines is 1. The van der Waals surface area contributed by atoms with Gasteiger partial charge in [0.05, 0.1) is 24.8 Å². The summed E-state index contributed by atoms with van der Waals surface area (Å²) in [5.41, 5.74) is 0.240. The first kappa shape index (κ1) is 25.5. The van der Waals surface area contributed by atoms with Crippen LogP contribution in [0.15, 0.2) is 53.4 Å². The van der Waals surface area contributed by atoms with Crippen LogP contribution < -0.4 is 19.1 Å². The summed E-state index contributed by atoms with van der Waals surface area (Å²) in [4.78, 5) is 13.0. The van der Waals surface area contributed by atoms with E-state index >= 15 is 0 Å². The van der Waals surface area contributed by atoms with E-state index in [1.165, 1.54) is 26.4 Å². The molecule has 1 atom stereocenters. The second-order valence-corrected chi connectivity index (χ2v) is 9.45. The first-order valence-corrected chi connectivity index (χ1v) is 12.4. The van der Waals surface area contributed by atoms with E-state index in [2.05, 4.69) is 19.2 Å². The van der Waals surface area contributed by atoms with Crippen LogP contribution >= 0.6 is 0 Å². The second-order valence-electron chi connectivity index (χ2n) is 7.58. The van der Waals surface area contributed by atoms with Crippen LogP contribution in [-0.2, 0) is 14.8 Å². The Morgan fingerprint density at radius 2 is 1.78 bits per heavy atom. The average Bonchev–Trinajstić information content (AvgIpc) is 2.82. The molecule has 0 radical (unpaired) electrons. The number of carbonyl (C=O) groups excluding carboxylic acids is 1. The zero-order chi connectivity index (χ0) is 23.6. The molecule has 8 heteroatoms. The fourth-order valence-electron chi connectivity index (χ4n) is 3.40. The molecular formula is C24H34N2O5S. The summed E-state index contributed by atoms with van der Waals surface area (Å²) >= 11 is 0. The molecule has 0 fully saturated rings. The molecule has 2 rings (SSSR count). The number of hydrogen-bond donors (Lipinski definition) is 1. The largest absolute Gasteiger partial charge is 0.497 e. The predicted molar refractivity (Wildman–Crippen MR) is 127 cm³/mol. The van der Waals surface area contributed by atoms with Crippen LogP contribution in [0.5, 0.6) is 11.5 Å². The van der Waals surface area contributed by atoms with Gasteiger partial charge in [-0.25, -0.2) is 8.42 Å². The van der Waals surface area contributed by atoms with Crippen molar-refractivity contribution < 1.29 is 22.7 Å². The summed E-state index contributed by atoms with van der Waals surface area (Å²) in [6.07, 6.45) is 4.19. The summed E-state index contributed by atoms with van der Waals surface area (Å²) in [6.45, 7) is 4.38. The SMILES string of the molecule is CCCC[C@@H](CC)CNC(=O)CN(c1cc(OC)ccc1OC)S(=O)(=O)c1ccccc1. The number of amides is 1. The van der Waals surface area contributed by atoms with Crippen LogP contribution in [-0.4, -0.2) is 41.6 Å². The molecule has 32 heavy (non-hydrogen) atoms. The first-order valence-electron chi connectivity index (χ1n) is 10.9. The predicted octanol–water partition coefficient (Wildman–Crippen LogP) is 4.23. The lowest BCUT2D eigenvalue weighted by atomic mass is 9.99. The molecule has 0 aliphatic carbocycles. The molecule has 0 aliphatic heterocycles. The maximum absolute atomic E-state index is 13.5. The average molecular weight is 463 g/mol. The normalized spacial score (nSPS) is 12.1. The fourth-order valence-corrected chi connectivity index (χ4v) is 4.84. The van der Waals surface area contributed by atoms with E-state index < -0.39 is 10.0 Å². The number of carbonyl (C=O) groups is 1. The molecule has 176 valence electrons. The minimum atomic E-state index is -4.03. The lowest BCUT2D eigenvalue weighted by Gasteiger charge is -2.26. The zero-order valence-corrected chi connectivity index (χ0v) is 20.2. The van der Waals surface area contributed by atoms with Crippen molar-refractivity contribution >= 4 is 21.6 Å². The van der Waals surface area contributed by atoms with E-state index in [4.69, 9.17) is 9.47 Å². The molecule has 0 saturated heterocycles. The maximum atomic E-state index is 13.5. The Morgan fingerprint density at radius 3 is 2.38 bits per heavy atom. The molecule has 0 saturated carbocycles. The van der Waals surface area contributed by atoms with Crippen molar-refractivity contribution in [2.24, 2.45) is 5.92 Å². The van der Waals surface area contributed by atoms with Gasteiger partial charge in [-0.3, -0.25) is 9.10 Å². The topological polar surface area (TPSA) is 84.9 Å². The number of sulfonamides is 1. The molecule has 1 amide bonds. The number of methoxy groups -OCH3 is 2. The number of hydrogen-bond acceptors (Lipinski definition) is 5. The Morgan fingerprint density at radius 1 is 1.06 bits per heavy atom. The smallest absolute Gasteiger partial charge is 0.264 e. The van der Waals surface area contributed by atoms with Gasteiger partial charge in [0.25, 0.3) is 10.0 Å². The van der Waals surface area contributed by atoms with E-state index in [0.29, 0.717) is 24.0 Å². The van der Waals surface area contributed by atoms with E-state index in [0.717, 1.165) is 30.0 Å². The third-order valence-electron chi connectivity index (χ3n) is 5.40. The van der Waals surface area contributed by atoms with Crippen molar-refractivity contribution in [2.75, 3.05) is 31.6 Å². The van der Waals surface area contributed by atoms with Gasteiger partial charge in [-0.1, -0.05) is 51.3 Å². The van der Waals surface area contributed by atoms with E-state index in [9.17, 15) is 13.2 Å². The van der Waals surface area contributed by atoms with Crippen LogP contribution in [0.25, 0.3) is 0 Å². The third kappa shape index (κ3) is 6.63. The molecule has 0 aromatic heterocycles. The van der Waals surface area contributed by atoms with Gasteiger partial charge in [-0.15, -0.1) is 0 Å². The van der Waals surface area contributed by atoms with E-state index in [1.807, 2.05) is 0 Å². The monoisotopic (exact) mass is 462 g/mol. The van der Waals surface area contributed by atoms with Crippen LogP contribution in [0.1, 0.15) is 39.5 Å². The summed E-state index contributed by atoms with van der Waals surface area (Å²) in [5, 5.41) is 2.92. The van der Waals surface area contributed by atoms with Gasteiger partial charge in [-0.05, 0) is 36.6 Å². The summed E-state index contributed by atoms with van der Waals surface area (Å²) in [5.74, 6) is 0.779. The van der Waals surface area contributed by atoms with Gasteiger partial charge < -0.3 is 14.8 Å². The van der Waals surface area contributed by atoms with Crippen molar-refractivity contribution in [2.45, 2.75) is 44.4 Å². The highest BCUT2D eigenvalue weighted by Crippen LogP contribution is 2.35. The molecule has 0 unspecified atom stereocenters. The highest BCUT2D eigenvalue weighted by atomic mass is 32.2. The highest BCUT2D eigenvalue weighted by Gasteiger charge is 2.30. The van der Waals surface area contributed by atoms with Crippen molar-refractivity contribution in [1.29, 1.82) is 0 Å². The van der Waals surface area contributed by atoms with Crippen LogP contribution in [0.4, 0.5) is 5.69 Å². The lowest BCUT2D eigenvalue weighted by molar-refractivity contribution is -0.119. The Bertz CT molecular complexity index is 964. The number of ether oxygens (including phenoxy) is 2. The van der Waals surface area contributed by atoms with Crippen molar-refractivity contribution in [3.8, 4) is 11.5 Å². The van der Waals surface area contributed by atoms with Gasteiger partial charge in [0.2, 0.25) is 5.91 Å². The lowest BCUT2D eigenvalue weighted by Crippen LogP contribution is -2.42. The summed E-state index contributed by atoms with van der Waals surface area (Å²) < 4.78 is 38.8. The number of nitrogens with one attached hydrogen (secondary N) is 1. The van der Waals surface area contributed by atoms with Crippen LogP contribution in [0.2, 0.25) is 0 Å². The van der Waals surface area contributed by atoms with Gasteiger partial charge >= 0.3 is 0 Å². The Balaban J connectivity index is 2.37. The number of nitrogens with zero attached hydrogens (tertiary/aromatic N) is 1. The maximum Gasteiger partial charge on any atom is 0.264 e. The third-order valence-corrected chi connectivity index (χ3v) is 7.18. The van der Waals surface area contributed by atoms with Crippen molar-refractivity contribution in [3.63, 3.8) is 0 Å². The first-order chi connectivity index (χ1) is 15.4. The minimum absolute atomic E-state index is 0.0899. The molecule has 0 heterocycles. The molecular weight excluding hydrogens is 428 g/mol. The number of unbranched alkanes of at least 4 members (excludes halogenated alkanes) is 1. The van der Waals surface area contributed by atoms with E-state index in [-0.39, 0.29) is 23.0 Å². The Labute approximate surface area is 191 Å². The molecule has 2 aromatic rings.